The zero-order valence-electron chi connectivity index (χ0n) is 7.00. The molecular formula is C7H11N3O3. The van der Waals surface area contributed by atoms with Gasteiger partial charge in [-0.2, -0.15) is 0 Å². The Labute approximate surface area is 74.8 Å². The second kappa shape index (κ2) is 3.88. The van der Waals surface area contributed by atoms with Crippen LogP contribution in [0.4, 0.5) is 0 Å². The van der Waals surface area contributed by atoms with Crippen molar-refractivity contribution in [1.29, 1.82) is 0 Å². The van der Waals surface area contributed by atoms with E-state index in [-0.39, 0.29) is 31.2 Å². The van der Waals surface area contributed by atoms with Gasteiger partial charge in [0.25, 0.3) is 0 Å². The number of piperazine rings is 1. The number of nitrogens with two attached hydrogens (primary N) is 1. The summed E-state index contributed by atoms with van der Waals surface area (Å²) in [7, 11) is 0. The maximum absolute atomic E-state index is 11.1. The Morgan fingerprint density at radius 2 is 2.23 bits per heavy atom. The third kappa shape index (κ3) is 2.73. The van der Waals surface area contributed by atoms with Crippen molar-refractivity contribution >= 4 is 17.7 Å². The van der Waals surface area contributed by atoms with E-state index < -0.39 is 11.9 Å². The molecule has 1 saturated heterocycles. The van der Waals surface area contributed by atoms with Crippen LogP contribution in [0.5, 0.6) is 0 Å². The molecular weight excluding hydrogens is 174 g/mol. The Morgan fingerprint density at radius 3 is 2.85 bits per heavy atom. The smallest absolute Gasteiger partial charge is 0.243 e. The molecule has 0 aromatic rings. The van der Waals surface area contributed by atoms with E-state index in [1.807, 2.05) is 0 Å². The monoisotopic (exact) mass is 185 g/mol. The number of hydrogen-bond acceptors (Lipinski definition) is 3. The number of carbonyl (C=O) groups is 3. The lowest BCUT2D eigenvalue weighted by atomic mass is 10.1. The van der Waals surface area contributed by atoms with Crippen molar-refractivity contribution in [2.24, 2.45) is 5.73 Å². The molecule has 0 aromatic heterocycles. The third-order valence-corrected chi connectivity index (χ3v) is 1.75. The van der Waals surface area contributed by atoms with Crippen LogP contribution in [0.2, 0.25) is 0 Å². The molecule has 6 heteroatoms. The predicted octanol–water partition coefficient (Wildman–Crippen LogP) is -2.13. The van der Waals surface area contributed by atoms with Crippen molar-refractivity contribution in [3.63, 3.8) is 0 Å². The van der Waals surface area contributed by atoms with Crippen LogP contribution in [0.3, 0.4) is 0 Å². The van der Waals surface area contributed by atoms with E-state index in [1.165, 1.54) is 0 Å². The largest absolute Gasteiger partial charge is 0.370 e. The van der Waals surface area contributed by atoms with E-state index in [1.54, 1.807) is 0 Å². The summed E-state index contributed by atoms with van der Waals surface area (Å²) >= 11 is 0. The molecule has 4 N–H and O–H groups in total. The van der Waals surface area contributed by atoms with Crippen LogP contribution in [-0.2, 0) is 14.4 Å². The zero-order valence-corrected chi connectivity index (χ0v) is 7.00. The van der Waals surface area contributed by atoms with Crippen molar-refractivity contribution in [2.75, 3.05) is 6.54 Å². The van der Waals surface area contributed by atoms with Gasteiger partial charge in [0.2, 0.25) is 17.7 Å². The molecule has 13 heavy (non-hydrogen) atoms. The molecule has 1 rings (SSSR count). The lowest BCUT2D eigenvalue weighted by Gasteiger charge is -2.22. The van der Waals surface area contributed by atoms with Gasteiger partial charge in [-0.25, -0.2) is 0 Å². The molecule has 3 amide bonds. The molecule has 1 heterocycles. The summed E-state index contributed by atoms with van der Waals surface area (Å²) < 4.78 is 0. The first-order chi connectivity index (χ1) is 6.09. The minimum atomic E-state index is -0.617. The first-order valence-electron chi connectivity index (χ1n) is 3.95. The highest BCUT2D eigenvalue weighted by molar-refractivity contribution is 5.94. The number of rotatable bonds is 3. The van der Waals surface area contributed by atoms with Gasteiger partial charge in [-0.05, 0) is 6.42 Å². The van der Waals surface area contributed by atoms with Crippen LogP contribution in [0.15, 0.2) is 0 Å². The molecule has 1 aliphatic rings. The van der Waals surface area contributed by atoms with Crippen molar-refractivity contribution < 1.29 is 14.4 Å². The van der Waals surface area contributed by atoms with Crippen molar-refractivity contribution in [3.8, 4) is 0 Å². The summed E-state index contributed by atoms with van der Waals surface area (Å²) in [5.74, 6) is -0.984. The van der Waals surface area contributed by atoms with Gasteiger partial charge in [-0.15, -0.1) is 0 Å². The van der Waals surface area contributed by atoms with Gasteiger partial charge in [-0.3, -0.25) is 14.4 Å². The minimum Gasteiger partial charge on any atom is -0.370 e. The number of carbonyl (C=O) groups excluding carboxylic acids is 3. The van der Waals surface area contributed by atoms with Crippen LogP contribution >= 0.6 is 0 Å². The van der Waals surface area contributed by atoms with E-state index in [9.17, 15) is 14.4 Å². The predicted molar refractivity (Wildman–Crippen MR) is 43.4 cm³/mol. The summed E-state index contributed by atoms with van der Waals surface area (Å²) in [6.07, 6.45) is 0.352. The highest BCUT2D eigenvalue weighted by atomic mass is 16.2. The highest BCUT2D eigenvalue weighted by Gasteiger charge is 2.25. The molecule has 72 valence electrons. The summed E-state index contributed by atoms with van der Waals surface area (Å²) in [6, 6.07) is -0.617. The maximum Gasteiger partial charge on any atom is 0.243 e. The molecule has 1 unspecified atom stereocenters. The fourth-order valence-corrected chi connectivity index (χ4v) is 1.09. The molecule has 0 saturated carbocycles. The van der Waals surface area contributed by atoms with Crippen LogP contribution in [0.25, 0.3) is 0 Å². The minimum absolute atomic E-state index is 0.00586. The summed E-state index contributed by atoms with van der Waals surface area (Å²) in [5.41, 5.74) is 4.91. The van der Waals surface area contributed by atoms with E-state index in [0.29, 0.717) is 0 Å². The average Bonchev–Trinajstić information content (AvgIpc) is 2.06. The Morgan fingerprint density at radius 1 is 1.54 bits per heavy atom. The summed E-state index contributed by atoms with van der Waals surface area (Å²) in [5, 5.41) is 4.87. The van der Waals surface area contributed by atoms with E-state index in [0.717, 1.165) is 0 Å². The molecule has 0 radical (unpaired) electrons. The van der Waals surface area contributed by atoms with Crippen LogP contribution in [0, 0.1) is 0 Å². The molecule has 0 bridgehead atoms. The molecule has 1 fully saturated rings. The lowest BCUT2D eigenvalue weighted by molar-refractivity contribution is -0.134. The van der Waals surface area contributed by atoms with Gasteiger partial charge >= 0.3 is 0 Å². The number of nitrogens with one attached hydrogen (secondary N) is 2. The van der Waals surface area contributed by atoms with Crippen molar-refractivity contribution in [2.45, 2.75) is 18.9 Å². The van der Waals surface area contributed by atoms with Gasteiger partial charge in [0, 0.05) is 6.42 Å². The fourth-order valence-electron chi connectivity index (χ4n) is 1.09. The third-order valence-electron chi connectivity index (χ3n) is 1.75. The Hall–Kier alpha value is -1.59. The summed E-state index contributed by atoms with van der Waals surface area (Å²) in [4.78, 5) is 32.3. The van der Waals surface area contributed by atoms with Crippen LogP contribution in [0.1, 0.15) is 12.8 Å². The quantitative estimate of drug-likeness (QED) is 0.468. The normalized spacial score (nSPS) is 22.0. The maximum atomic E-state index is 11.1. The first-order valence-corrected chi connectivity index (χ1v) is 3.95. The fraction of sp³-hybridized carbons (Fsp3) is 0.571. The second-order valence-corrected chi connectivity index (χ2v) is 2.84. The second-order valence-electron chi connectivity index (χ2n) is 2.84. The topological polar surface area (TPSA) is 101 Å². The molecule has 0 spiro atoms. The van der Waals surface area contributed by atoms with Gasteiger partial charge in [0.15, 0.2) is 0 Å². The standard InChI is InChI=1S/C7H11N3O3/c8-5(11)2-1-4-7(13)9-3-6(12)10-4/h4H,1-3H2,(H2,8,11)(H,9,13)(H,10,12). The Bertz CT molecular complexity index is 251. The molecule has 1 aliphatic heterocycles. The molecule has 0 aromatic carbocycles. The van der Waals surface area contributed by atoms with Crippen molar-refractivity contribution in [3.05, 3.63) is 0 Å². The van der Waals surface area contributed by atoms with Gasteiger partial charge in [0.05, 0.1) is 6.54 Å². The molecule has 6 nitrogen and oxygen atoms in total. The van der Waals surface area contributed by atoms with E-state index in [2.05, 4.69) is 10.6 Å². The zero-order chi connectivity index (χ0) is 9.84. The van der Waals surface area contributed by atoms with Gasteiger partial charge in [-0.1, -0.05) is 0 Å². The molecule has 0 aliphatic carbocycles. The van der Waals surface area contributed by atoms with Gasteiger partial charge in [0.1, 0.15) is 6.04 Å². The first kappa shape index (κ1) is 9.50. The number of amides is 3. The summed E-state index contributed by atoms with van der Waals surface area (Å²) in [6.45, 7) is 0.00586. The Balaban J connectivity index is 2.42. The number of primary amides is 1. The Kier molecular flexibility index (Phi) is 2.84. The number of hydrogen-bond donors (Lipinski definition) is 3. The van der Waals surface area contributed by atoms with Crippen molar-refractivity contribution in [1.82, 2.24) is 10.6 Å². The van der Waals surface area contributed by atoms with Crippen LogP contribution in [-0.4, -0.2) is 30.3 Å². The molecule has 1 atom stereocenters. The van der Waals surface area contributed by atoms with Gasteiger partial charge < -0.3 is 16.4 Å². The average molecular weight is 185 g/mol. The lowest BCUT2D eigenvalue weighted by Crippen LogP contribution is -2.56. The van der Waals surface area contributed by atoms with E-state index in [4.69, 9.17) is 5.73 Å². The SMILES string of the molecule is NC(=O)CCC1NC(=O)CNC1=O. The van der Waals surface area contributed by atoms with Crippen LogP contribution < -0.4 is 16.4 Å². The highest BCUT2D eigenvalue weighted by Crippen LogP contribution is 1.99. The van der Waals surface area contributed by atoms with E-state index >= 15 is 0 Å².